The number of aromatic nitrogens is 4. The SMILES string of the molecule is CN[C@@H]1CCCC12CCN(c1nc(C)c(-c3ccnc(C(F)(F)F)c3)c3nccn13)CC2. The summed E-state index contributed by atoms with van der Waals surface area (Å²) in [6.07, 6.45) is 6.19. The summed E-state index contributed by atoms with van der Waals surface area (Å²) in [6, 6.07) is 3.22. The molecule has 0 bridgehead atoms. The molecule has 1 saturated heterocycles. The average Bonchev–Trinajstić information content (AvgIpc) is 3.40. The van der Waals surface area contributed by atoms with E-state index in [1.54, 1.807) is 12.3 Å². The average molecular weight is 445 g/mol. The van der Waals surface area contributed by atoms with Crippen molar-refractivity contribution >= 4 is 11.6 Å². The van der Waals surface area contributed by atoms with Gasteiger partial charge in [-0.1, -0.05) is 6.42 Å². The van der Waals surface area contributed by atoms with Crippen molar-refractivity contribution in [3.63, 3.8) is 0 Å². The maximum absolute atomic E-state index is 13.2. The summed E-state index contributed by atoms with van der Waals surface area (Å²) < 4.78 is 41.5. The van der Waals surface area contributed by atoms with Gasteiger partial charge >= 0.3 is 6.18 Å². The highest BCUT2D eigenvalue weighted by Crippen LogP contribution is 2.47. The Hall–Kier alpha value is -2.68. The molecule has 9 heteroatoms. The third-order valence-corrected chi connectivity index (χ3v) is 7.35. The normalized spacial score (nSPS) is 21.0. The summed E-state index contributed by atoms with van der Waals surface area (Å²) in [5.74, 6) is 0.803. The Kier molecular flexibility index (Phi) is 5.11. The van der Waals surface area contributed by atoms with E-state index in [-0.39, 0.29) is 0 Å². The number of anilines is 1. The lowest BCUT2D eigenvalue weighted by Crippen LogP contribution is -2.48. The topological polar surface area (TPSA) is 58.3 Å². The molecule has 170 valence electrons. The molecule has 3 aromatic rings. The number of rotatable bonds is 3. The van der Waals surface area contributed by atoms with Gasteiger partial charge in [0.25, 0.3) is 0 Å². The van der Waals surface area contributed by atoms with Gasteiger partial charge in [-0.25, -0.2) is 9.97 Å². The molecule has 0 radical (unpaired) electrons. The van der Waals surface area contributed by atoms with Crippen molar-refractivity contribution in [2.45, 2.75) is 51.2 Å². The summed E-state index contributed by atoms with van der Waals surface area (Å²) in [4.78, 5) is 15.1. The fourth-order valence-corrected chi connectivity index (χ4v) is 5.71. The molecule has 1 saturated carbocycles. The monoisotopic (exact) mass is 444 g/mol. The molecule has 5 rings (SSSR count). The molecule has 6 nitrogen and oxygen atoms in total. The number of nitrogens with one attached hydrogen (secondary N) is 1. The lowest BCUT2D eigenvalue weighted by Gasteiger charge is -2.43. The first-order chi connectivity index (χ1) is 15.3. The standard InChI is InChI=1S/C23H27F3N6/c1-15-19(16-5-9-28-18(14-16)23(24,25)26)20-29-10-13-32(20)21(30-15)31-11-7-22(8-12-31)6-3-4-17(22)27-2/h5,9-10,13-14,17,27H,3-4,6-8,11-12H2,1-2H3/t17-/m1/s1. The molecule has 0 amide bonds. The van der Waals surface area contributed by atoms with Crippen LogP contribution in [0.4, 0.5) is 19.1 Å². The van der Waals surface area contributed by atoms with Crippen LogP contribution in [0.15, 0.2) is 30.7 Å². The molecule has 1 aliphatic heterocycles. The van der Waals surface area contributed by atoms with Crippen LogP contribution in [0, 0.1) is 12.3 Å². The zero-order valence-electron chi connectivity index (χ0n) is 18.3. The van der Waals surface area contributed by atoms with Crippen LogP contribution in [0.1, 0.15) is 43.5 Å². The van der Waals surface area contributed by atoms with E-state index in [0.29, 0.717) is 33.9 Å². The number of alkyl halides is 3. The summed E-state index contributed by atoms with van der Waals surface area (Å²) in [6.45, 7) is 3.65. The zero-order valence-corrected chi connectivity index (χ0v) is 18.3. The predicted octanol–water partition coefficient (Wildman–Crippen LogP) is 4.48. The van der Waals surface area contributed by atoms with Crippen LogP contribution in [0.5, 0.6) is 0 Å². The molecule has 32 heavy (non-hydrogen) atoms. The van der Waals surface area contributed by atoms with Crippen molar-refractivity contribution in [3.8, 4) is 11.1 Å². The van der Waals surface area contributed by atoms with Crippen molar-refractivity contribution in [3.05, 3.63) is 42.1 Å². The van der Waals surface area contributed by atoms with Gasteiger partial charge in [-0.05, 0) is 62.8 Å². The molecule has 0 aromatic carbocycles. The Morgan fingerprint density at radius 2 is 1.91 bits per heavy atom. The van der Waals surface area contributed by atoms with Crippen LogP contribution >= 0.6 is 0 Å². The number of piperidine rings is 1. The Morgan fingerprint density at radius 3 is 2.62 bits per heavy atom. The minimum absolute atomic E-state index is 0.360. The van der Waals surface area contributed by atoms with Crippen LogP contribution < -0.4 is 10.2 Å². The molecule has 2 fully saturated rings. The number of nitrogens with zero attached hydrogens (tertiary/aromatic N) is 5. The van der Waals surface area contributed by atoms with E-state index >= 15 is 0 Å². The van der Waals surface area contributed by atoms with Crippen LogP contribution in [0.25, 0.3) is 16.8 Å². The third kappa shape index (κ3) is 3.43. The highest BCUT2D eigenvalue weighted by molar-refractivity contribution is 5.80. The van der Waals surface area contributed by atoms with Crippen molar-refractivity contribution < 1.29 is 13.2 Å². The van der Waals surface area contributed by atoms with Crippen molar-refractivity contribution in [1.29, 1.82) is 0 Å². The van der Waals surface area contributed by atoms with Crippen LogP contribution in [0.2, 0.25) is 0 Å². The number of pyridine rings is 1. The molecule has 1 spiro atoms. The molecule has 2 aliphatic rings. The Balaban J connectivity index is 1.50. The van der Waals surface area contributed by atoms with Gasteiger partial charge in [0.1, 0.15) is 11.3 Å². The van der Waals surface area contributed by atoms with E-state index in [4.69, 9.17) is 4.98 Å². The van der Waals surface area contributed by atoms with Gasteiger partial charge in [0.15, 0.2) is 0 Å². The fraction of sp³-hybridized carbons (Fsp3) is 0.522. The van der Waals surface area contributed by atoms with E-state index in [0.717, 1.165) is 37.9 Å². The minimum Gasteiger partial charge on any atom is -0.342 e. The van der Waals surface area contributed by atoms with Crippen LogP contribution in [0.3, 0.4) is 0 Å². The van der Waals surface area contributed by atoms with Gasteiger partial charge in [-0.2, -0.15) is 13.2 Å². The lowest BCUT2D eigenvalue weighted by molar-refractivity contribution is -0.141. The second kappa shape index (κ2) is 7.72. The molecular formula is C23H27F3N6. The number of fused-ring (bicyclic) bond motifs is 1. The molecule has 1 atom stereocenters. The molecule has 1 N–H and O–H groups in total. The van der Waals surface area contributed by atoms with E-state index in [1.807, 2.05) is 17.5 Å². The second-order valence-electron chi connectivity index (χ2n) is 9.00. The van der Waals surface area contributed by atoms with Crippen molar-refractivity contribution in [2.24, 2.45) is 5.41 Å². The Labute approximate surface area is 184 Å². The zero-order chi connectivity index (χ0) is 22.5. The predicted molar refractivity (Wildman–Crippen MR) is 117 cm³/mol. The molecule has 3 aromatic heterocycles. The quantitative estimate of drug-likeness (QED) is 0.646. The lowest BCUT2D eigenvalue weighted by atomic mass is 9.74. The van der Waals surface area contributed by atoms with Gasteiger partial charge < -0.3 is 10.2 Å². The van der Waals surface area contributed by atoms with E-state index in [2.05, 4.69) is 27.2 Å². The van der Waals surface area contributed by atoms with Crippen LogP contribution in [-0.2, 0) is 6.18 Å². The fourth-order valence-electron chi connectivity index (χ4n) is 5.71. The Morgan fingerprint density at radius 1 is 1.12 bits per heavy atom. The van der Waals surface area contributed by atoms with Gasteiger partial charge in [-0.15, -0.1) is 0 Å². The van der Waals surface area contributed by atoms with E-state index in [1.165, 1.54) is 25.5 Å². The summed E-state index contributed by atoms with van der Waals surface area (Å²) in [5.41, 5.74) is 1.74. The number of hydrogen-bond acceptors (Lipinski definition) is 5. The maximum Gasteiger partial charge on any atom is 0.433 e. The van der Waals surface area contributed by atoms with Gasteiger partial charge in [0, 0.05) is 43.3 Å². The first-order valence-electron chi connectivity index (χ1n) is 11.1. The highest BCUT2D eigenvalue weighted by atomic mass is 19.4. The van der Waals surface area contributed by atoms with Crippen molar-refractivity contribution in [2.75, 3.05) is 25.0 Å². The summed E-state index contributed by atoms with van der Waals surface area (Å²) >= 11 is 0. The van der Waals surface area contributed by atoms with E-state index < -0.39 is 11.9 Å². The van der Waals surface area contributed by atoms with Gasteiger partial charge in [0.2, 0.25) is 5.95 Å². The molecule has 1 aliphatic carbocycles. The molecule has 0 unspecified atom stereocenters. The minimum atomic E-state index is -4.50. The molecular weight excluding hydrogens is 417 g/mol. The largest absolute Gasteiger partial charge is 0.433 e. The summed E-state index contributed by atoms with van der Waals surface area (Å²) in [7, 11) is 2.06. The number of imidazole rings is 1. The van der Waals surface area contributed by atoms with Crippen molar-refractivity contribution in [1.82, 2.24) is 24.7 Å². The van der Waals surface area contributed by atoms with E-state index in [9.17, 15) is 13.2 Å². The van der Waals surface area contributed by atoms with Crippen LogP contribution in [-0.4, -0.2) is 45.5 Å². The number of aryl methyl sites for hydroxylation is 1. The molecule has 4 heterocycles. The number of hydrogen-bond donors (Lipinski definition) is 1. The maximum atomic E-state index is 13.2. The summed E-state index contributed by atoms with van der Waals surface area (Å²) in [5, 5.41) is 3.52. The second-order valence-corrected chi connectivity index (χ2v) is 9.00. The Bertz CT molecular complexity index is 1130. The highest BCUT2D eigenvalue weighted by Gasteiger charge is 2.44. The number of halogens is 3. The first-order valence-corrected chi connectivity index (χ1v) is 11.1. The third-order valence-electron chi connectivity index (χ3n) is 7.35. The van der Waals surface area contributed by atoms with Gasteiger partial charge in [-0.3, -0.25) is 9.38 Å². The first kappa shape index (κ1) is 21.2. The van der Waals surface area contributed by atoms with Gasteiger partial charge in [0.05, 0.1) is 5.69 Å². The smallest absolute Gasteiger partial charge is 0.342 e.